The summed E-state index contributed by atoms with van der Waals surface area (Å²) in [7, 11) is -3.06. The number of hydrogen-bond acceptors (Lipinski definition) is 4. The molecule has 0 amide bonds. The zero-order valence-corrected chi connectivity index (χ0v) is 14.3. The normalized spacial score (nSPS) is 22.7. The quantitative estimate of drug-likeness (QED) is 0.862. The highest BCUT2D eigenvalue weighted by Crippen LogP contribution is 2.37. The highest BCUT2D eigenvalue weighted by molar-refractivity contribution is 7.91. The van der Waals surface area contributed by atoms with Crippen LogP contribution in [-0.4, -0.2) is 32.3 Å². The highest BCUT2D eigenvalue weighted by Gasteiger charge is 2.42. The number of halogens is 1. The molecule has 0 heterocycles. The standard InChI is InChI=1S/C16H22ClNO3S/c1-2-22(20,21)12-11-18-16(10-6-5-9-15(16)19)13-7-3-4-8-14(13)17/h3-4,7-8,18H,2,5-6,9-12H2,1H3. The summed E-state index contributed by atoms with van der Waals surface area (Å²) in [4.78, 5) is 12.6. The van der Waals surface area contributed by atoms with Gasteiger partial charge in [0, 0.05) is 23.7 Å². The van der Waals surface area contributed by atoms with E-state index in [1.54, 1.807) is 13.0 Å². The van der Waals surface area contributed by atoms with Crippen molar-refractivity contribution in [1.82, 2.24) is 5.32 Å². The van der Waals surface area contributed by atoms with Crippen molar-refractivity contribution in [3.63, 3.8) is 0 Å². The van der Waals surface area contributed by atoms with Gasteiger partial charge in [-0.2, -0.15) is 0 Å². The van der Waals surface area contributed by atoms with Gasteiger partial charge in [0.25, 0.3) is 0 Å². The van der Waals surface area contributed by atoms with E-state index >= 15 is 0 Å². The van der Waals surface area contributed by atoms with E-state index in [1.807, 2.05) is 18.2 Å². The molecule has 1 atom stereocenters. The minimum Gasteiger partial charge on any atom is -0.300 e. The summed E-state index contributed by atoms with van der Waals surface area (Å²) in [5.74, 6) is 0.241. The van der Waals surface area contributed by atoms with Gasteiger partial charge in [-0.25, -0.2) is 8.42 Å². The Morgan fingerprint density at radius 1 is 1.27 bits per heavy atom. The molecule has 122 valence electrons. The van der Waals surface area contributed by atoms with E-state index in [2.05, 4.69) is 5.32 Å². The molecule has 1 aromatic carbocycles. The third-order valence-electron chi connectivity index (χ3n) is 4.29. The summed E-state index contributed by atoms with van der Waals surface area (Å²) < 4.78 is 23.4. The van der Waals surface area contributed by atoms with Crippen LogP contribution in [0.3, 0.4) is 0 Å². The first kappa shape index (κ1) is 17.4. The minimum absolute atomic E-state index is 0.0307. The fourth-order valence-electron chi connectivity index (χ4n) is 2.97. The lowest BCUT2D eigenvalue weighted by Crippen LogP contribution is -2.52. The molecule has 4 nitrogen and oxygen atoms in total. The molecular formula is C16H22ClNO3S. The van der Waals surface area contributed by atoms with E-state index in [9.17, 15) is 13.2 Å². The largest absolute Gasteiger partial charge is 0.300 e. The van der Waals surface area contributed by atoms with Crippen LogP contribution >= 0.6 is 11.6 Å². The Balaban J connectivity index is 2.27. The van der Waals surface area contributed by atoms with Gasteiger partial charge in [-0.3, -0.25) is 4.79 Å². The van der Waals surface area contributed by atoms with Gasteiger partial charge in [-0.05, 0) is 24.5 Å². The third kappa shape index (κ3) is 3.70. The maximum atomic E-state index is 12.6. The molecule has 0 radical (unpaired) electrons. The van der Waals surface area contributed by atoms with Crippen molar-refractivity contribution in [2.75, 3.05) is 18.1 Å². The van der Waals surface area contributed by atoms with Crippen molar-refractivity contribution >= 4 is 27.2 Å². The van der Waals surface area contributed by atoms with Crippen molar-refractivity contribution in [2.24, 2.45) is 0 Å². The van der Waals surface area contributed by atoms with Crippen LogP contribution in [0, 0.1) is 0 Å². The molecule has 0 bridgehead atoms. The van der Waals surface area contributed by atoms with Crippen LogP contribution < -0.4 is 5.32 Å². The average Bonchev–Trinajstić information content (AvgIpc) is 2.50. The van der Waals surface area contributed by atoms with Crippen LogP contribution in [0.2, 0.25) is 5.02 Å². The Labute approximate surface area is 137 Å². The van der Waals surface area contributed by atoms with Gasteiger partial charge < -0.3 is 5.32 Å². The van der Waals surface area contributed by atoms with Crippen LogP contribution in [0.5, 0.6) is 0 Å². The first-order chi connectivity index (χ1) is 10.4. The number of sulfone groups is 1. The molecule has 0 aliphatic heterocycles. The van der Waals surface area contributed by atoms with Gasteiger partial charge in [0.05, 0.1) is 5.75 Å². The van der Waals surface area contributed by atoms with Crippen molar-refractivity contribution in [3.05, 3.63) is 34.9 Å². The summed E-state index contributed by atoms with van der Waals surface area (Å²) in [6.45, 7) is 1.89. The summed E-state index contributed by atoms with van der Waals surface area (Å²) >= 11 is 6.30. The molecule has 0 saturated heterocycles. The Hall–Kier alpha value is -0.910. The molecule has 1 aromatic rings. The topological polar surface area (TPSA) is 63.2 Å². The number of rotatable bonds is 6. The Bertz CT molecular complexity index is 645. The summed E-state index contributed by atoms with van der Waals surface area (Å²) in [5.41, 5.74) is -0.0879. The van der Waals surface area contributed by atoms with Crippen molar-refractivity contribution in [1.29, 1.82) is 0 Å². The number of ketones is 1. The van der Waals surface area contributed by atoms with E-state index < -0.39 is 15.4 Å². The number of carbonyl (C=O) groups is 1. The van der Waals surface area contributed by atoms with Crippen LogP contribution in [-0.2, 0) is 20.2 Å². The molecule has 6 heteroatoms. The highest BCUT2D eigenvalue weighted by atomic mass is 35.5. The zero-order valence-electron chi connectivity index (χ0n) is 12.8. The lowest BCUT2D eigenvalue weighted by Gasteiger charge is -2.38. The van der Waals surface area contributed by atoms with Crippen LogP contribution in [0.25, 0.3) is 0 Å². The zero-order chi connectivity index (χ0) is 16.2. The third-order valence-corrected chi connectivity index (χ3v) is 6.33. The maximum absolute atomic E-state index is 12.6. The van der Waals surface area contributed by atoms with Crippen LogP contribution in [0.1, 0.15) is 38.2 Å². The SMILES string of the molecule is CCS(=O)(=O)CCNC1(c2ccccc2Cl)CCCCC1=O. The number of benzene rings is 1. The van der Waals surface area contributed by atoms with Gasteiger partial charge in [-0.15, -0.1) is 0 Å². The molecule has 1 unspecified atom stereocenters. The summed E-state index contributed by atoms with van der Waals surface area (Å²) in [6.07, 6.45) is 2.95. The average molecular weight is 344 g/mol. The van der Waals surface area contributed by atoms with Crippen LogP contribution in [0.15, 0.2) is 24.3 Å². The van der Waals surface area contributed by atoms with Crippen LogP contribution in [0.4, 0.5) is 0 Å². The fourth-order valence-corrected chi connectivity index (χ4v) is 3.97. The predicted octanol–water partition coefficient (Wildman–Crippen LogP) is 2.70. The first-order valence-corrected chi connectivity index (χ1v) is 9.85. The monoisotopic (exact) mass is 343 g/mol. The van der Waals surface area contributed by atoms with E-state index in [1.165, 1.54) is 0 Å². The molecule has 1 saturated carbocycles. The summed E-state index contributed by atoms with van der Waals surface area (Å²) in [5, 5.41) is 3.76. The molecular weight excluding hydrogens is 322 g/mol. The molecule has 0 spiro atoms. The van der Waals surface area contributed by atoms with Crippen molar-refractivity contribution in [3.8, 4) is 0 Å². The summed E-state index contributed by atoms with van der Waals surface area (Å²) in [6, 6.07) is 7.31. The molecule has 1 fully saturated rings. The second-order valence-corrected chi connectivity index (χ2v) is 8.56. The Kier molecular flexibility index (Phi) is 5.64. The molecule has 1 N–H and O–H groups in total. The van der Waals surface area contributed by atoms with Gasteiger partial charge in [0.2, 0.25) is 0 Å². The Morgan fingerprint density at radius 3 is 2.64 bits per heavy atom. The predicted molar refractivity (Wildman–Crippen MR) is 88.9 cm³/mol. The minimum atomic E-state index is -3.06. The maximum Gasteiger partial charge on any atom is 0.157 e. The lowest BCUT2D eigenvalue weighted by molar-refractivity contribution is -0.128. The van der Waals surface area contributed by atoms with Gasteiger partial charge in [0.15, 0.2) is 15.6 Å². The van der Waals surface area contributed by atoms with E-state index in [0.29, 0.717) is 17.9 Å². The smallest absolute Gasteiger partial charge is 0.157 e. The van der Waals surface area contributed by atoms with Gasteiger partial charge >= 0.3 is 0 Å². The lowest BCUT2D eigenvalue weighted by atomic mass is 9.75. The molecule has 0 aromatic heterocycles. The molecule has 1 aliphatic rings. The molecule has 22 heavy (non-hydrogen) atoms. The first-order valence-electron chi connectivity index (χ1n) is 7.65. The number of Topliss-reactive ketones (excluding diaryl/α,β-unsaturated/α-hetero) is 1. The second kappa shape index (κ2) is 7.11. The molecule has 1 aliphatic carbocycles. The number of carbonyl (C=O) groups excluding carboxylic acids is 1. The van der Waals surface area contributed by atoms with E-state index in [0.717, 1.165) is 18.4 Å². The van der Waals surface area contributed by atoms with E-state index in [-0.39, 0.29) is 23.8 Å². The van der Waals surface area contributed by atoms with Gasteiger partial charge in [0.1, 0.15) is 5.54 Å². The second-order valence-electron chi connectivity index (χ2n) is 5.68. The fraction of sp³-hybridized carbons (Fsp3) is 0.562. The Morgan fingerprint density at radius 2 is 2.00 bits per heavy atom. The van der Waals surface area contributed by atoms with E-state index in [4.69, 9.17) is 11.6 Å². The van der Waals surface area contributed by atoms with Gasteiger partial charge in [-0.1, -0.05) is 43.1 Å². The van der Waals surface area contributed by atoms with Crippen molar-refractivity contribution in [2.45, 2.75) is 38.1 Å². The number of nitrogens with one attached hydrogen (secondary N) is 1. The number of hydrogen-bond donors (Lipinski definition) is 1. The molecule has 2 rings (SSSR count). The van der Waals surface area contributed by atoms with Crippen molar-refractivity contribution < 1.29 is 13.2 Å².